The molecule has 3 fully saturated rings. The molecule has 0 aromatic heterocycles. The fraction of sp³-hybridized carbons (Fsp3) is 0.889. The van der Waals surface area contributed by atoms with Crippen molar-refractivity contribution < 1.29 is 19.4 Å². The fourth-order valence-electron chi connectivity index (χ4n) is 4.96. The Labute approximate surface area is 143 Å². The van der Waals surface area contributed by atoms with E-state index in [1.165, 1.54) is 12.8 Å². The van der Waals surface area contributed by atoms with Gasteiger partial charge in [0.15, 0.2) is 0 Å². The van der Waals surface area contributed by atoms with Gasteiger partial charge in [0, 0.05) is 24.1 Å². The number of carboxylic acid groups (broad SMARTS) is 1. The van der Waals surface area contributed by atoms with E-state index in [0.29, 0.717) is 18.9 Å². The van der Waals surface area contributed by atoms with E-state index < -0.39 is 5.97 Å². The number of urea groups is 1. The Morgan fingerprint density at radius 2 is 1.79 bits per heavy atom. The molecule has 136 valence electrons. The van der Waals surface area contributed by atoms with Crippen molar-refractivity contribution in [3.05, 3.63) is 0 Å². The van der Waals surface area contributed by atoms with Crippen LogP contribution < -0.4 is 10.6 Å². The zero-order valence-corrected chi connectivity index (χ0v) is 14.6. The minimum atomic E-state index is -0.711. The standard InChI is InChI=1S/C18H30N2O4/c1-2-24-15-11-14(18(15)9-3-4-10-18)20-17(23)19-13-7-5-12(6-8-13)16(21)22/h12-15H,2-11H2,1H3,(H,21,22)(H2,19,20,23). The quantitative estimate of drug-likeness (QED) is 0.719. The first-order valence-corrected chi connectivity index (χ1v) is 9.46. The molecular weight excluding hydrogens is 308 g/mol. The van der Waals surface area contributed by atoms with Gasteiger partial charge in [-0.1, -0.05) is 12.8 Å². The molecule has 2 amide bonds. The molecule has 3 rings (SSSR count). The first-order chi connectivity index (χ1) is 11.5. The van der Waals surface area contributed by atoms with Crippen LogP contribution in [0.4, 0.5) is 4.79 Å². The molecule has 3 saturated carbocycles. The number of aliphatic carboxylic acids is 1. The lowest BCUT2D eigenvalue weighted by Crippen LogP contribution is -2.65. The number of amides is 2. The second-order valence-corrected chi connectivity index (χ2v) is 7.68. The first kappa shape index (κ1) is 17.5. The normalized spacial score (nSPS) is 34.5. The first-order valence-electron chi connectivity index (χ1n) is 9.46. The molecule has 0 aliphatic heterocycles. The van der Waals surface area contributed by atoms with Gasteiger partial charge in [-0.05, 0) is 51.9 Å². The maximum absolute atomic E-state index is 12.4. The van der Waals surface area contributed by atoms with Crippen LogP contribution in [0.15, 0.2) is 0 Å². The van der Waals surface area contributed by atoms with Gasteiger partial charge in [-0.15, -0.1) is 0 Å². The van der Waals surface area contributed by atoms with E-state index in [0.717, 1.165) is 38.7 Å². The predicted molar refractivity (Wildman–Crippen MR) is 89.8 cm³/mol. The van der Waals surface area contributed by atoms with Crippen LogP contribution in [-0.4, -0.2) is 41.9 Å². The summed E-state index contributed by atoms with van der Waals surface area (Å²) in [7, 11) is 0. The summed E-state index contributed by atoms with van der Waals surface area (Å²) in [5.74, 6) is -0.955. The highest BCUT2D eigenvalue weighted by atomic mass is 16.5. The Hall–Kier alpha value is -1.30. The Morgan fingerprint density at radius 1 is 1.12 bits per heavy atom. The van der Waals surface area contributed by atoms with Crippen molar-refractivity contribution in [3.8, 4) is 0 Å². The molecule has 2 atom stereocenters. The number of ether oxygens (including phenoxy) is 1. The van der Waals surface area contributed by atoms with Crippen LogP contribution in [0.25, 0.3) is 0 Å². The molecule has 0 bridgehead atoms. The van der Waals surface area contributed by atoms with Crippen molar-refractivity contribution in [3.63, 3.8) is 0 Å². The Bertz CT molecular complexity index is 468. The minimum Gasteiger partial charge on any atom is -0.481 e. The van der Waals surface area contributed by atoms with E-state index in [2.05, 4.69) is 10.6 Å². The molecule has 6 heteroatoms. The summed E-state index contributed by atoms with van der Waals surface area (Å²) in [5.41, 5.74) is 0.147. The number of nitrogens with one attached hydrogen (secondary N) is 2. The van der Waals surface area contributed by atoms with Gasteiger partial charge in [0.05, 0.1) is 12.0 Å². The third-order valence-corrected chi connectivity index (χ3v) is 6.40. The summed E-state index contributed by atoms with van der Waals surface area (Å²) in [5, 5.41) is 15.3. The summed E-state index contributed by atoms with van der Waals surface area (Å²) in [6, 6.07) is 0.217. The number of hydrogen-bond acceptors (Lipinski definition) is 3. The number of rotatable bonds is 5. The Balaban J connectivity index is 1.46. The highest BCUT2D eigenvalue weighted by Gasteiger charge is 2.57. The van der Waals surface area contributed by atoms with Crippen molar-refractivity contribution in [2.45, 2.75) is 82.9 Å². The molecule has 0 saturated heterocycles. The topological polar surface area (TPSA) is 87.7 Å². The lowest BCUT2D eigenvalue weighted by Gasteiger charge is -2.54. The van der Waals surface area contributed by atoms with Gasteiger partial charge < -0.3 is 20.5 Å². The van der Waals surface area contributed by atoms with Crippen LogP contribution in [0, 0.1) is 11.3 Å². The van der Waals surface area contributed by atoms with Gasteiger partial charge in [-0.3, -0.25) is 4.79 Å². The Morgan fingerprint density at radius 3 is 2.38 bits per heavy atom. The maximum atomic E-state index is 12.4. The lowest BCUT2D eigenvalue weighted by atomic mass is 9.60. The molecular formula is C18H30N2O4. The minimum absolute atomic E-state index is 0.0972. The van der Waals surface area contributed by atoms with Gasteiger partial charge in [0.1, 0.15) is 0 Å². The highest BCUT2D eigenvalue weighted by Crippen LogP contribution is 2.54. The average molecular weight is 338 g/mol. The monoisotopic (exact) mass is 338 g/mol. The molecule has 3 aliphatic carbocycles. The summed E-state index contributed by atoms with van der Waals surface area (Å²) in [4.78, 5) is 23.3. The van der Waals surface area contributed by atoms with Crippen LogP contribution in [0.1, 0.15) is 64.7 Å². The van der Waals surface area contributed by atoms with Gasteiger partial charge in [0.25, 0.3) is 0 Å². The van der Waals surface area contributed by atoms with Crippen LogP contribution >= 0.6 is 0 Å². The maximum Gasteiger partial charge on any atom is 0.315 e. The third kappa shape index (κ3) is 3.39. The zero-order chi connectivity index (χ0) is 17.2. The number of carbonyl (C=O) groups excluding carboxylic acids is 1. The number of carboxylic acids is 1. The molecule has 3 N–H and O–H groups in total. The predicted octanol–water partition coefficient (Wildman–Crippen LogP) is 2.67. The Kier molecular flexibility index (Phi) is 5.33. The fourth-order valence-corrected chi connectivity index (χ4v) is 4.96. The largest absolute Gasteiger partial charge is 0.481 e. The molecule has 3 aliphatic rings. The molecule has 0 radical (unpaired) electrons. The van der Waals surface area contributed by atoms with Crippen molar-refractivity contribution in [2.75, 3.05) is 6.61 Å². The van der Waals surface area contributed by atoms with Gasteiger partial charge in [-0.25, -0.2) is 4.79 Å². The lowest BCUT2D eigenvalue weighted by molar-refractivity contribution is -0.142. The summed E-state index contributed by atoms with van der Waals surface area (Å²) in [6.07, 6.45) is 8.75. The summed E-state index contributed by atoms with van der Waals surface area (Å²) < 4.78 is 5.88. The molecule has 0 aromatic rings. The van der Waals surface area contributed by atoms with E-state index in [1.807, 2.05) is 6.92 Å². The number of carbonyl (C=O) groups is 2. The van der Waals surface area contributed by atoms with Crippen molar-refractivity contribution in [1.82, 2.24) is 10.6 Å². The van der Waals surface area contributed by atoms with Gasteiger partial charge in [-0.2, -0.15) is 0 Å². The molecule has 0 aromatic carbocycles. The summed E-state index contributed by atoms with van der Waals surface area (Å²) >= 11 is 0. The number of hydrogen-bond donors (Lipinski definition) is 3. The second kappa shape index (κ2) is 7.30. The molecule has 0 heterocycles. The van der Waals surface area contributed by atoms with Crippen LogP contribution in [0.3, 0.4) is 0 Å². The average Bonchev–Trinajstić information content (AvgIpc) is 3.07. The second-order valence-electron chi connectivity index (χ2n) is 7.68. The summed E-state index contributed by atoms with van der Waals surface area (Å²) in [6.45, 7) is 2.77. The zero-order valence-electron chi connectivity index (χ0n) is 14.6. The van der Waals surface area contributed by atoms with Crippen LogP contribution in [0.2, 0.25) is 0 Å². The van der Waals surface area contributed by atoms with E-state index in [1.54, 1.807) is 0 Å². The van der Waals surface area contributed by atoms with E-state index in [9.17, 15) is 9.59 Å². The van der Waals surface area contributed by atoms with E-state index in [-0.39, 0.29) is 29.4 Å². The smallest absolute Gasteiger partial charge is 0.315 e. The van der Waals surface area contributed by atoms with Crippen LogP contribution in [-0.2, 0) is 9.53 Å². The van der Waals surface area contributed by atoms with Gasteiger partial charge >= 0.3 is 12.0 Å². The molecule has 6 nitrogen and oxygen atoms in total. The molecule has 24 heavy (non-hydrogen) atoms. The van der Waals surface area contributed by atoms with E-state index >= 15 is 0 Å². The van der Waals surface area contributed by atoms with Gasteiger partial charge in [0.2, 0.25) is 0 Å². The van der Waals surface area contributed by atoms with Crippen molar-refractivity contribution in [1.29, 1.82) is 0 Å². The molecule has 1 spiro atoms. The SMILES string of the molecule is CCOC1CC(NC(=O)NC2CCC(C(=O)O)CC2)C12CCCC2. The van der Waals surface area contributed by atoms with E-state index in [4.69, 9.17) is 9.84 Å². The molecule has 2 unspecified atom stereocenters. The highest BCUT2D eigenvalue weighted by molar-refractivity contribution is 5.75. The third-order valence-electron chi connectivity index (χ3n) is 6.40. The van der Waals surface area contributed by atoms with Crippen LogP contribution in [0.5, 0.6) is 0 Å². The van der Waals surface area contributed by atoms with Crippen molar-refractivity contribution >= 4 is 12.0 Å². The van der Waals surface area contributed by atoms with Crippen molar-refractivity contribution in [2.24, 2.45) is 11.3 Å².